The monoisotopic (exact) mass is 474 g/mol. The first-order valence-corrected chi connectivity index (χ1v) is 11.9. The molecule has 168 valence electrons. The van der Waals surface area contributed by atoms with Gasteiger partial charge in [-0.05, 0) is 50.1 Å². The topological polar surface area (TPSA) is 93.4 Å². The number of carbonyl (C=O) groups excluding carboxylic acids is 1. The Morgan fingerprint density at radius 3 is 2.44 bits per heavy atom. The first-order chi connectivity index (χ1) is 15.1. The van der Waals surface area contributed by atoms with Crippen molar-refractivity contribution in [2.75, 3.05) is 11.4 Å². The van der Waals surface area contributed by atoms with Crippen LogP contribution in [0, 0.1) is 6.92 Å². The van der Waals surface area contributed by atoms with Gasteiger partial charge in [-0.3, -0.25) is 18.6 Å². The van der Waals surface area contributed by atoms with Crippen LogP contribution >= 0.6 is 11.6 Å². The summed E-state index contributed by atoms with van der Waals surface area (Å²) in [5, 5.41) is 2.97. The van der Waals surface area contributed by atoms with E-state index in [1.165, 1.54) is 29.9 Å². The van der Waals surface area contributed by atoms with Gasteiger partial charge >= 0.3 is 0 Å². The Kier molecular flexibility index (Phi) is 5.64. The summed E-state index contributed by atoms with van der Waals surface area (Å²) in [6.07, 6.45) is 1.79. The zero-order valence-corrected chi connectivity index (χ0v) is 19.4. The van der Waals surface area contributed by atoms with Gasteiger partial charge in [-0.15, -0.1) is 0 Å². The van der Waals surface area contributed by atoms with Crippen LogP contribution < -0.4 is 15.2 Å². The maximum absolute atomic E-state index is 13.4. The van der Waals surface area contributed by atoms with Crippen molar-refractivity contribution in [3.05, 3.63) is 75.2 Å². The van der Waals surface area contributed by atoms with Crippen LogP contribution in [0.3, 0.4) is 0 Å². The molecule has 0 saturated heterocycles. The molecule has 0 spiro atoms. The predicted molar refractivity (Wildman–Crippen MR) is 123 cm³/mol. The lowest BCUT2D eigenvalue weighted by Gasteiger charge is -2.19. The molecule has 0 unspecified atom stereocenters. The van der Waals surface area contributed by atoms with Crippen LogP contribution in [0.1, 0.15) is 28.9 Å². The normalized spacial score (nSPS) is 13.8. The number of amides is 1. The number of hydrogen-bond donors (Lipinski definition) is 1. The molecule has 4 rings (SSSR count). The van der Waals surface area contributed by atoms with E-state index in [1.807, 2.05) is 6.07 Å². The van der Waals surface area contributed by atoms with E-state index in [-0.39, 0.29) is 27.2 Å². The van der Waals surface area contributed by atoms with Gasteiger partial charge in [0.15, 0.2) is 0 Å². The molecular weight excluding hydrogens is 452 g/mol. The van der Waals surface area contributed by atoms with Crippen LogP contribution in [-0.2, 0) is 17.1 Å². The number of anilines is 1. The van der Waals surface area contributed by atoms with Gasteiger partial charge in [-0.1, -0.05) is 29.8 Å². The summed E-state index contributed by atoms with van der Waals surface area (Å²) in [4.78, 5) is 25.6. The number of aromatic nitrogens is 2. The molecule has 0 radical (unpaired) electrons. The summed E-state index contributed by atoms with van der Waals surface area (Å²) in [7, 11) is -1.12. The molecule has 1 aliphatic carbocycles. The smallest absolute Gasteiger partial charge is 0.296 e. The Bertz CT molecular complexity index is 1360. The highest BCUT2D eigenvalue weighted by Gasteiger charge is 2.30. The Labute approximate surface area is 191 Å². The number of rotatable bonds is 6. The summed E-state index contributed by atoms with van der Waals surface area (Å²) in [6, 6.07) is 13.0. The second-order valence-corrected chi connectivity index (χ2v) is 10.1. The number of sulfonamides is 1. The van der Waals surface area contributed by atoms with Crippen molar-refractivity contribution in [1.29, 1.82) is 0 Å². The van der Waals surface area contributed by atoms with Gasteiger partial charge < -0.3 is 5.32 Å². The molecule has 0 bridgehead atoms. The van der Waals surface area contributed by atoms with Crippen LogP contribution in [0.25, 0.3) is 5.69 Å². The number of para-hydroxylation sites is 1. The van der Waals surface area contributed by atoms with Crippen LogP contribution in [0.5, 0.6) is 0 Å². The molecule has 1 amide bonds. The minimum Gasteiger partial charge on any atom is -0.349 e. The molecule has 1 aliphatic rings. The quantitative estimate of drug-likeness (QED) is 0.594. The first-order valence-electron chi connectivity index (χ1n) is 10.1. The average Bonchev–Trinajstić information content (AvgIpc) is 3.54. The third-order valence-corrected chi connectivity index (χ3v) is 7.68. The Morgan fingerprint density at radius 1 is 1.16 bits per heavy atom. The summed E-state index contributed by atoms with van der Waals surface area (Å²) >= 11 is 6.16. The van der Waals surface area contributed by atoms with E-state index in [4.69, 9.17) is 11.6 Å². The highest BCUT2D eigenvalue weighted by Crippen LogP contribution is 2.27. The third kappa shape index (κ3) is 3.82. The SMILES string of the molecule is Cc1c(N(C)S(=O)(=O)c2ccc(Cl)c(C(=O)NC3CC3)c2)c(=O)n(-c2ccccc2)n1C. The number of halogens is 1. The molecule has 1 heterocycles. The van der Waals surface area contributed by atoms with Gasteiger partial charge in [0.2, 0.25) is 0 Å². The lowest BCUT2D eigenvalue weighted by atomic mass is 10.2. The van der Waals surface area contributed by atoms with E-state index in [2.05, 4.69) is 5.32 Å². The molecule has 32 heavy (non-hydrogen) atoms. The Balaban J connectivity index is 1.76. The number of carbonyl (C=O) groups is 1. The molecule has 1 fully saturated rings. The first kappa shape index (κ1) is 22.2. The van der Waals surface area contributed by atoms with E-state index >= 15 is 0 Å². The zero-order chi connectivity index (χ0) is 23.2. The Morgan fingerprint density at radius 2 is 1.81 bits per heavy atom. The fraction of sp³-hybridized carbons (Fsp3) is 0.273. The summed E-state index contributed by atoms with van der Waals surface area (Å²) in [5.74, 6) is -0.417. The van der Waals surface area contributed by atoms with Gasteiger partial charge in [0.1, 0.15) is 5.69 Å². The molecule has 1 aromatic heterocycles. The molecule has 2 aromatic carbocycles. The maximum Gasteiger partial charge on any atom is 0.296 e. The van der Waals surface area contributed by atoms with Crippen molar-refractivity contribution in [1.82, 2.24) is 14.7 Å². The van der Waals surface area contributed by atoms with Crippen molar-refractivity contribution in [3.63, 3.8) is 0 Å². The summed E-state index contributed by atoms with van der Waals surface area (Å²) in [6.45, 7) is 1.68. The van der Waals surface area contributed by atoms with E-state index in [1.54, 1.807) is 42.9 Å². The van der Waals surface area contributed by atoms with E-state index in [9.17, 15) is 18.0 Å². The fourth-order valence-electron chi connectivity index (χ4n) is 3.52. The van der Waals surface area contributed by atoms with Crippen molar-refractivity contribution in [3.8, 4) is 5.69 Å². The molecule has 1 saturated carbocycles. The van der Waals surface area contributed by atoms with E-state index < -0.39 is 21.5 Å². The number of hydrogen-bond acceptors (Lipinski definition) is 4. The van der Waals surface area contributed by atoms with Crippen LogP contribution in [-0.4, -0.2) is 36.8 Å². The predicted octanol–water partition coefficient (Wildman–Crippen LogP) is 2.86. The average molecular weight is 475 g/mol. The molecule has 0 atom stereocenters. The maximum atomic E-state index is 13.4. The summed E-state index contributed by atoms with van der Waals surface area (Å²) < 4.78 is 30.8. The molecule has 0 aliphatic heterocycles. The molecule has 1 N–H and O–H groups in total. The molecule has 3 aromatic rings. The van der Waals surface area contributed by atoms with Crippen molar-refractivity contribution in [2.24, 2.45) is 7.05 Å². The van der Waals surface area contributed by atoms with E-state index in [0.717, 1.165) is 17.1 Å². The Hall–Kier alpha value is -3.04. The van der Waals surface area contributed by atoms with Crippen LogP contribution in [0.4, 0.5) is 5.69 Å². The van der Waals surface area contributed by atoms with Gasteiger partial charge in [0.05, 0.1) is 26.9 Å². The van der Waals surface area contributed by atoms with Crippen molar-refractivity contribution >= 4 is 33.2 Å². The minimum absolute atomic E-state index is 0.0234. The molecule has 10 heteroatoms. The lowest BCUT2D eigenvalue weighted by molar-refractivity contribution is 0.0951. The van der Waals surface area contributed by atoms with Gasteiger partial charge in [0.25, 0.3) is 21.5 Å². The second kappa shape index (κ2) is 8.14. The lowest BCUT2D eigenvalue weighted by Crippen LogP contribution is -2.32. The minimum atomic E-state index is -4.14. The standard InChI is InChI=1S/C22H23ClN4O4S/c1-14-20(22(29)27(25(14)2)16-7-5-4-6-8-16)26(3)32(30,31)17-11-12-19(23)18(13-17)21(28)24-15-9-10-15/h4-8,11-13,15H,9-10H2,1-3H3,(H,24,28). The second-order valence-electron chi connectivity index (χ2n) is 7.77. The molecular formula is C22H23ClN4O4S. The largest absolute Gasteiger partial charge is 0.349 e. The third-order valence-electron chi connectivity index (χ3n) is 5.59. The van der Waals surface area contributed by atoms with E-state index in [0.29, 0.717) is 11.4 Å². The summed E-state index contributed by atoms with van der Waals surface area (Å²) in [5.41, 5.74) is 0.731. The van der Waals surface area contributed by atoms with Gasteiger partial charge in [0, 0.05) is 20.1 Å². The molecule has 8 nitrogen and oxygen atoms in total. The van der Waals surface area contributed by atoms with Crippen LogP contribution in [0.15, 0.2) is 58.2 Å². The number of nitrogens with one attached hydrogen (secondary N) is 1. The highest BCUT2D eigenvalue weighted by atomic mass is 35.5. The van der Waals surface area contributed by atoms with Crippen molar-refractivity contribution < 1.29 is 13.2 Å². The van der Waals surface area contributed by atoms with Gasteiger partial charge in [-0.2, -0.15) is 0 Å². The van der Waals surface area contributed by atoms with Crippen molar-refractivity contribution in [2.45, 2.75) is 30.7 Å². The highest BCUT2D eigenvalue weighted by molar-refractivity contribution is 7.92. The number of nitrogens with zero attached hydrogens (tertiary/aromatic N) is 3. The number of benzene rings is 2. The van der Waals surface area contributed by atoms with Gasteiger partial charge in [-0.25, -0.2) is 13.1 Å². The van der Waals surface area contributed by atoms with Crippen LogP contribution in [0.2, 0.25) is 5.02 Å². The zero-order valence-electron chi connectivity index (χ0n) is 17.9. The fourth-order valence-corrected chi connectivity index (χ4v) is 5.00.